The van der Waals surface area contributed by atoms with E-state index in [-0.39, 0.29) is 17.9 Å². The van der Waals surface area contributed by atoms with Crippen molar-refractivity contribution in [1.82, 2.24) is 0 Å². The van der Waals surface area contributed by atoms with Gasteiger partial charge in [0.1, 0.15) is 11.4 Å². The number of benzene rings is 1. The minimum Gasteiger partial charge on any atom is -0.465 e. The molecule has 1 aromatic carbocycles. The first-order valence-electron chi connectivity index (χ1n) is 15.1. The molecule has 0 aromatic heterocycles. The van der Waals surface area contributed by atoms with Crippen LogP contribution in [0.5, 0.6) is 0 Å². The Morgan fingerprint density at radius 1 is 0.795 bits per heavy atom. The highest BCUT2D eigenvalue weighted by Gasteiger charge is 2.39. The molecule has 222 valence electrons. The van der Waals surface area contributed by atoms with E-state index in [9.17, 15) is 18.8 Å². The van der Waals surface area contributed by atoms with Crippen LogP contribution in [-0.4, -0.2) is 36.5 Å². The Morgan fingerprint density at radius 2 is 1.31 bits per heavy atom. The number of carbonyl (C=O) groups is 3. The van der Waals surface area contributed by atoms with E-state index >= 15 is 0 Å². The van der Waals surface area contributed by atoms with Gasteiger partial charge in [0, 0.05) is 12.1 Å². The molecule has 0 saturated carbocycles. The summed E-state index contributed by atoms with van der Waals surface area (Å²) in [5.74, 6) is -5.26. The zero-order valence-corrected chi connectivity index (χ0v) is 25.0. The molecule has 0 aliphatic carbocycles. The Morgan fingerprint density at radius 3 is 1.77 bits per heavy atom. The van der Waals surface area contributed by atoms with Gasteiger partial charge in [0.05, 0.1) is 12.3 Å². The number of halogens is 1. The molecule has 0 bridgehead atoms. The van der Waals surface area contributed by atoms with E-state index in [2.05, 4.69) is 12.2 Å². The van der Waals surface area contributed by atoms with Crippen LogP contribution in [0.4, 0.5) is 10.1 Å². The van der Waals surface area contributed by atoms with Gasteiger partial charge < -0.3 is 14.8 Å². The van der Waals surface area contributed by atoms with Crippen molar-refractivity contribution in [2.75, 3.05) is 18.5 Å². The van der Waals surface area contributed by atoms with Crippen LogP contribution in [0.1, 0.15) is 135 Å². The summed E-state index contributed by atoms with van der Waals surface area (Å²) < 4.78 is 24.9. The normalized spacial score (nSPS) is 12.2. The standard InChI is InChI=1S/C32H52FNO5/c1-6-8-9-10-11-12-13-14-15-16-17-18-19-20-23-34-27-22-21-25(24-26(27)33)29(35)28(30(36)38-7-2)31(37)39-32(3,4)5/h21-22,24,28,34H,6-20,23H2,1-5H3. The Labute approximate surface area is 235 Å². The van der Waals surface area contributed by atoms with E-state index in [0.29, 0.717) is 6.54 Å². The van der Waals surface area contributed by atoms with Crippen molar-refractivity contribution < 1.29 is 28.2 Å². The van der Waals surface area contributed by atoms with E-state index in [1.807, 2.05) is 0 Å². The third kappa shape index (κ3) is 15.1. The molecule has 0 fully saturated rings. The molecule has 1 rings (SSSR count). The van der Waals surface area contributed by atoms with Gasteiger partial charge in [-0.05, 0) is 52.3 Å². The first-order chi connectivity index (χ1) is 18.6. The quantitative estimate of drug-likeness (QED) is 0.0717. The van der Waals surface area contributed by atoms with Crippen molar-refractivity contribution in [2.24, 2.45) is 5.92 Å². The average Bonchev–Trinajstić information content (AvgIpc) is 2.86. The van der Waals surface area contributed by atoms with Gasteiger partial charge >= 0.3 is 11.9 Å². The molecule has 0 spiro atoms. The highest BCUT2D eigenvalue weighted by Crippen LogP contribution is 2.22. The third-order valence-electron chi connectivity index (χ3n) is 6.53. The van der Waals surface area contributed by atoms with Crippen LogP contribution in [-0.2, 0) is 19.1 Å². The van der Waals surface area contributed by atoms with E-state index in [0.717, 1.165) is 18.9 Å². The number of carbonyl (C=O) groups excluding carboxylic acids is 3. The second-order valence-electron chi connectivity index (χ2n) is 11.3. The topological polar surface area (TPSA) is 81.7 Å². The summed E-state index contributed by atoms with van der Waals surface area (Å²) in [4.78, 5) is 37.9. The number of rotatable bonds is 21. The zero-order chi connectivity index (χ0) is 29.1. The third-order valence-corrected chi connectivity index (χ3v) is 6.53. The SMILES string of the molecule is CCCCCCCCCCCCCCCCNc1ccc(C(=O)C(C(=O)OCC)C(=O)OC(C)(C)C)cc1F. The summed E-state index contributed by atoms with van der Waals surface area (Å²) in [5, 5.41) is 3.08. The van der Waals surface area contributed by atoms with Crippen LogP contribution in [0.2, 0.25) is 0 Å². The van der Waals surface area contributed by atoms with Gasteiger partial charge in [0.15, 0.2) is 5.78 Å². The number of hydrogen-bond donors (Lipinski definition) is 1. The number of anilines is 1. The average molecular weight is 550 g/mol. The van der Waals surface area contributed by atoms with Gasteiger partial charge in [-0.3, -0.25) is 14.4 Å². The van der Waals surface area contributed by atoms with E-state index in [1.54, 1.807) is 27.7 Å². The number of hydrogen-bond acceptors (Lipinski definition) is 6. The second kappa shape index (κ2) is 19.6. The van der Waals surface area contributed by atoms with E-state index in [4.69, 9.17) is 9.47 Å². The fourth-order valence-corrected chi connectivity index (χ4v) is 4.42. The molecule has 0 radical (unpaired) electrons. The molecule has 0 aliphatic heterocycles. The Bertz CT molecular complexity index is 865. The van der Waals surface area contributed by atoms with Crippen LogP contribution in [0, 0.1) is 11.7 Å². The van der Waals surface area contributed by atoms with Crippen molar-refractivity contribution in [3.63, 3.8) is 0 Å². The Hall–Kier alpha value is -2.44. The maximum absolute atomic E-state index is 14.7. The van der Waals surface area contributed by atoms with Gasteiger partial charge in [-0.1, -0.05) is 90.4 Å². The number of ketones is 1. The van der Waals surface area contributed by atoms with Crippen LogP contribution >= 0.6 is 0 Å². The molecular formula is C32H52FNO5. The predicted molar refractivity (Wildman–Crippen MR) is 156 cm³/mol. The number of nitrogens with one attached hydrogen (secondary N) is 1. The monoisotopic (exact) mass is 549 g/mol. The molecule has 0 saturated heterocycles. The van der Waals surface area contributed by atoms with Gasteiger partial charge in [0.25, 0.3) is 0 Å². The number of ether oxygens (including phenoxy) is 2. The van der Waals surface area contributed by atoms with Gasteiger partial charge in [-0.25, -0.2) is 4.39 Å². The van der Waals surface area contributed by atoms with Crippen molar-refractivity contribution >= 4 is 23.4 Å². The van der Waals surface area contributed by atoms with Crippen molar-refractivity contribution in [3.05, 3.63) is 29.6 Å². The molecule has 39 heavy (non-hydrogen) atoms. The summed E-state index contributed by atoms with van der Waals surface area (Å²) >= 11 is 0. The van der Waals surface area contributed by atoms with Crippen LogP contribution in [0.3, 0.4) is 0 Å². The highest BCUT2D eigenvalue weighted by molar-refractivity contribution is 6.20. The van der Waals surface area contributed by atoms with Gasteiger partial charge in [-0.2, -0.15) is 0 Å². The first-order valence-corrected chi connectivity index (χ1v) is 15.1. The first kappa shape index (κ1) is 34.6. The van der Waals surface area contributed by atoms with Gasteiger partial charge in [-0.15, -0.1) is 0 Å². The lowest BCUT2D eigenvalue weighted by molar-refractivity contribution is -0.166. The summed E-state index contributed by atoms with van der Waals surface area (Å²) in [6.45, 7) is 9.37. The summed E-state index contributed by atoms with van der Waals surface area (Å²) in [6.07, 6.45) is 17.9. The Kier molecular flexibility index (Phi) is 17.4. The smallest absolute Gasteiger partial charge is 0.328 e. The Balaban J connectivity index is 2.39. The van der Waals surface area contributed by atoms with E-state index < -0.39 is 35.1 Å². The van der Waals surface area contributed by atoms with Crippen LogP contribution in [0.15, 0.2) is 18.2 Å². The molecule has 0 aliphatic rings. The second-order valence-corrected chi connectivity index (χ2v) is 11.3. The summed E-state index contributed by atoms with van der Waals surface area (Å²) in [7, 11) is 0. The fraction of sp³-hybridized carbons (Fsp3) is 0.719. The van der Waals surface area contributed by atoms with Crippen LogP contribution in [0.25, 0.3) is 0 Å². The maximum Gasteiger partial charge on any atom is 0.328 e. The molecule has 0 amide bonds. The predicted octanol–water partition coefficient (Wildman–Crippen LogP) is 8.42. The van der Waals surface area contributed by atoms with Crippen molar-refractivity contribution in [2.45, 2.75) is 130 Å². The molecule has 1 N–H and O–H groups in total. The van der Waals surface area contributed by atoms with Crippen molar-refractivity contribution in [3.8, 4) is 0 Å². The largest absolute Gasteiger partial charge is 0.465 e. The van der Waals surface area contributed by atoms with Crippen LogP contribution < -0.4 is 5.32 Å². The highest BCUT2D eigenvalue weighted by atomic mass is 19.1. The zero-order valence-electron chi connectivity index (χ0n) is 25.0. The lowest BCUT2D eigenvalue weighted by Crippen LogP contribution is -2.38. The maximum atomic E-state index is 14.7. The molecule has 7 heteroatoms. The molecule has 1 atom stereocenters. The van der Waals surface area contributed by atoms with E-state index in [1.165, 1.54) is 89.2 Å². The molecule has 0 heterocycles. The molecule has 6 nitrogen and oxygen atoms in total. The minimum atomic E-state index is -1.79. The summed E-state index contributed by atoms with van der Waals surface area (Å²) in [5.41, 5.74) is -0.696. The lowest BCUT2D eigenvalue weighted by Gasteiger charge is -2.22. The number of unbranched alkanes of at least 4 members (excludes halogenated alkanes) is 13. The number of esters is 2. The lowest BCUT2D eigenvalue weighted by atomic mass is 9.97. The molecule has 1 aromatic rings. The minimum absolute atomic E-state index is 0.00187. The summed E-state index contributed by atoms with van der Waals surface area (Å²) in [6, 6.07) is 3.92. The van der Waals surface area contributed by atoms with Gasteiger partial charge in [0.2, 0.25) is 5.92 Å². The molecular weight excluding hydrogens is 497 g/mol. The van der Waals surface area contributed by atoms with Crippen molar-refractivity contribution in [1.29, 1.82) is 0 Å². The fourth-order valence-electron chi connectivity index (χ4n) is 4.42. The molecule has 1 unspecified atom stereocenters. The number of Topliss-reactive ketones (excluding diaryl/α,β-unsaturated/α-hetero) is 1.